The van der Waals surface area contributed by atoms with E-state index in [9.17, 15) is 35.8 Å². The van der Waals surface area contributed by atoms with Crippen LogP contribution in [0.1, 0.15) is 64.5 Å². The molecule has 13 heteroatoms. The third kappa shape index (κ3) is 9.71. The van der Waals surface area contributed by atoms with Gasteiger partial charge < -0.3 is 19.1 Å². The first-order valence-corrected chi connectivity index (χ1v) is 21.9. The molecule has 0 radical (unpaired) electrons. The fraction of sp³-hybridized carbons (Fsp3) is 0.318. The average molecular weight is 819 g/mol. The summed E-state index contributed by atoms with van der Waals surface area (Å²) in [6.07, 6.45) is 11.7. The molecule has 0 atom stereocenters. The molecule has 10 nitrogen and oxygen atoms in total. The number of nitrogens with zero attached hydrogens (tertiary/aromatic N) is 2. The zero-order valence-corrected chi connectivity index (χ0v) is 36.7. The summed E-state index contributed by atoms with van der Waals surface area (Å²) in [6.45, 7) is 9.41. The van der Waals surface area contributed by atoms with Gasteiger partial charge in [0.25, 0.3) is 0 Å². The number of carboxylic acids is 1. The van der Waals surface area contributed by atoms with Crippen molar-refractivity contribution < 1.29 is 70.0 Å². The molecule has 2 aliphatic heterocycles. The van der Waals surface area contributed by atoms with Gasteiger partial charge in [-0.1, -0.05) is 80.6 Å². The summed E-state index contributed by atoms with van der Waals surface area (Å²) in [6, 6.07) is 24.5. The molecular weight excluding hydrogens is 772 g/mol. The Hall–Kier alpha value is -3.88. The van der Waals surface area contributed by atoms with Crippen LogP contribution in [0.4, 0.5) is 11.4 Å². The van der Waals surface area contributed by atoms with Crippen LogP contribution in [0.2, 0.25) is 0 Å². The largest absolute Gasteiger partial charge is 1.00 e. The quantitative estimate of drug-likeness (QED) is 0.0443. The van der Waals surface area contributed by atoms with Crippen LogP contribution in [0.15, 0.2) is 121 Å². The molecule has 0 bridgehead atoms. The molecule has 0 aromatic heterocycles. The monoisotopic (exact) mass is 818 g/mol. The third-order valence-electron chi connectivity index (χ3n) is 10.9. The minimum atomic E-state index is -4.33. The molecule has 0 amide bonds. The molecule has 0 unspecified atom stereocenters. The molecule has 4 aromatic carbocycles. The van der Waals surface area contributed by atoms with E-state index < -0.39 is 48.5 Å². The number of fused-ring (bicyclic) bond motifs is 6. The van der Waals surface area contributed by atoms with Crippen LogP contribution in [-0.4, -0.2) is 71.9 Å². The predicted octanol–water partition coefficient (Wildman–Crippen LogP) is 4.83. The molecule has 1 N–H and O–H groups in total. The topological polar surface area (TPSA) is 158 Å². The average Bonchev–Trinajstić information content (AvgIpc) is 3.48. The van der Waals surface area contributed by atoms with E-state index in [0.29, 0.717) is 25.9 Å². The molecule has 0 spiro atoms. The van der Waals surface area contributed by atoms with E-state index >= 15 is 0 Å². The fourth-order valence-electron chi connectivity index (χ4n) is 8.33. The third-order valence-corrected chi connectivity index (χ3v) is 12.4. The second-order valence-corrected chi connectivity index (χ2v) is 18.5. The van der Waals surface area contributed by atoms with Gasteiger partial charge in [0.2, 0.25) is 5.69 Å². The number of carboxylic acid groups (broad SMARTS) is 1. The molecule has 0 fully saturated rings. The Bertz CT molecular complexity index is 2590. The summed E-state index contributed by atoms with van der Waals surface area (Å²) in [5.41, 5.74) is 5.13. The number of unbranched alkanes of at least 4 members (excludes halogenated alkanes) is 2. The zero-order chi connectivity index (χ0) is 40.5. The second-order valence-electron chi connectivity index (χ2n) is 15.4. The molecule has 294 valence electrons. The Morgan fingerprint density at radius 3 is 1.95 bits per heavy atom. The number of benzene rings is 4. The van der Waals surface area contributed by atoms with Gasteiger partial charge in [-0.05, 0) is 90.6 Å². The van der Waals surface area contributed by atoms with Gasteiger partial charge in [0, 0.05) is 59.0 Å². The summed E-state index contributed by atoms with van der Waals surface area (Å²) < 4.78 is 69.9. The van der Waals surface area contributed by atoms with Crippen LogP contribution in [0.5, 0.6) is 0 Å². The number of rotatable bonds is 15. The number of hydrogen-bond donors (Lipinski definition) is 1. The molecule has 4 aromatic rings. The molecule has 0 saturated carbocycles. The van der Waals surface area contributed by atoms with E-state index in [4.69, 9.17) is 0 Å². The van der Waals surface area contributed by atoms with Crippen molar-refractivity contribution in [1.82, 2.24) is 0 Å². The van der Waals surface area contributed by atoms with Gasteiger partial charge in [0.05, 0.1) is 31.2 Å². The smallest absolute Gasteiger partial charge is 0.748 e. The summed E-state index contributed by atoms with van der Waals surface area (Å²) in [5, 5.41) is 14.6. The first-order chi connectivity index (χ1) is 26.4. The van der Waals surface area contributed by atoms with Crippen LogP contribution in [0, 0.1) is 0 Å². The Balaban J connectivity index is 0.00000620. The molecular formula is C44H47N2NaO8S2. The van der Waals surface area contributed by atoms with Crippen LogP contribution < -0.4 is 34.5 Å². The maximum Gasteiger partial charge on any atom is 1.00 e. The summed E-state index contributed by atoms with van der Waals surface area (Å²) in [4.78, 5) is 14.7. The van der Waals surface area contributed by atoms with E-state index in [1.54, 1.807) is 24.3 Å². The van der Waals surface area contributed by atoms with E-state index in [1.807, 2.05) is 36.4 Å². The Morgan fingerprint density at radius 1 is 0.754 bits per heavy atom. The van der Waals surface area contributed by atoms with Gasteiger partial charge in [-0.3, -0.25) is 0 Å². The minimum Gasteiger partial charge on any atom is -0.748 e. The van der Waals surface area contributed by atoms with Crippen molar-refractivity contribution >= 4 is 64.8 Å². The Kier molecular flexibility index (Phi) is 13.6. The molecule has 2 heterocycles. The number of hydrogen-bond acceptors (Lipinski definition) is 8. The molecule has 0 saturated heterocycles. The van der Waals surface area contributed by atoms with E-state index in [1.165, 1.54) is 0 Å². The van der Waals surface area contributed by atoms with Gasteiger partial charge in [0.15, 0.2) is 5.71 Å². The summed E-state index contributed by atoms with van der Waals surface area (Å²) >= 11 is 0. The Labute approximate surface area is 357 Å². The van der Waals surface area contributed by atoms with Crippen molar-refractivity contribution in [3.8, 4) is 0 Å². The van der Waals surface area contributed by atoms with Crippen molar-refractivity contribution in [2.45, 2.75) is 64.2 Å². The fourth-order valence-corrected chi connectivity index (χ4v) is 9.45. The Morgan fingerprint density at radius 2 is 1.33 bits per heavy atom. The van der Waals surface area contributed by atoms with E-state index in [2.05, 4.69) is 85.7 Å². The molecule has 2 aliphatic rings. The maximum absolute atomic E-state index is 12.5. The summed E-state index contributed by atoms with van der Waals surface area (Å²) in [5.74, 6) is -1.98. The van der Waals surface area contributed by atoms with Crippen molar-refractivity contribution in [1.29, 1.82) is 0 Å². The normalized spacial score (nSPS) is 17.3. The van der Waals surface area contributed by atoms with Gasteiger partial charge in [0.1, 0.15) is 6.54 Å². The second kappa shape index (κ2) is 17.5. The molecule has 0 aliphatic carbocycles. The van der Waals surface area contributed by atoms with Crippen LogP contribution in [-0.2, 0) is 35.9 Å². The standard InChI is InChI=1S/C44H48N2O8S2.Na/c1-43(2)38(45(27-9-11-29-55(49,50)51)36-25-23-31-15-5-7-19-34(31)40(36)43)21-13-17-33(42(47)48)18-14-22-39-44(3,4)41-35-20-8-6-16-32(35)24-26-37(41)46(39)28-10-12-30-56(52,53)54;/h5-8,13-26H,9-12,27-30H2,1-4H3,(H2-,47,48,49,50,51,52,53,54);/q;+1/p-1. The molecule has 6 rings (SSSR count). The number of carbonyl (C=O) groups is 1. The number of allylic oxidation sites excluding steroid dienone is 6. The first-order valence-electron chi connectivity index (χ1n) is 18.7. The maximum atomic E-state index is 12.5. The van der Waals surface area contributed by atoms with Crippen LogP contribution >= 0.6 is 0 Å². The summed E-state index contributed by atoms with van der Waals surface area (Å²) in [7, 11) is -8.66. The van der Waals surface area contributed by atoms with Gasteiger partial charge in [-0.15, -0.1) is 0 Å². The van der Waals surface area contributed by atoms with Crippen LogP contribution in [0.3, 0.4) is 0 Å². The van der Waals surface area contributed by atoms with E-state index in [0.717, 1.165) is 55.5 Å². The number of anilines is 1. The first kappa shape index (κ1) is 44.2. The number of aliphatic carboxylic acids is 1. The molecule has 57 heavy (non-hydrogen) atoms. The predicted molar refractivity (Wildman–Crippen MR) is 221 cm³/mol. The van der Waals surface area contributed by atoms with Gasteiger partial charge in [-0.25, -0.2) is 21.6 Å². The van der Waals surface area contributed by atoms with Gasteiger partial charge >= 0.3 is 35.5 Å². The minimum absolute atomic E-state index is 0. The SMILES string of the molecule is CC1(C)C(/C=C/C=C(/C=C/C=C2/N(CCCCS(=O)(=O)[O-])c3ccc4ccccc4c3C2(C)C)C(=O)O)=[N+](CCCCS(=O)(=O)[O-])c2ccc3ccccc3c21.[Na+]. The zero-order valence-electron chi connectivity index (χ0n) is 33.1. The van der Waals surface area contributed by atoms with Crippen molar-refractivity contribution in [2.24, 2.45) is 0 Å². The van der Waals surface area contributed by atoms with E-state index in [-0.39, 0.29) is 48.0 Å². The van der Waals surface area contributed by atoms with Crippen molar-refractivity contribution in [3.63, 3.8) is 0 Å². The van der Waals surface area contributed by atoms with Gasteiger partial charge in [-0.2, -0.15) is 4.58 Å². The van der Waals surface area contributed by atoms with Crippen molar-refractivity contribution in [3.05, 3.63) is 132 Å². The van der Waals surface area contributed by atoms with Crippen LogP contribution in [0.25, 0.3) is 21.5 Å². The van der Waals surface area contributed by atoms with Crippen molar-refractivity contribution in [2.75, 3.05) is 29.5 Å².